The molecule has 30 heavy (non-hydrogen) atoms. The Hall–Kier alpha value is -2.60. The summed E-state index contributed by atoms with van der Waals surface area (Å²) in [6, 6.07) is 18.1. The van der Waals surface area contributed by atoms with Gasteiger partial charge in [-0.1, -0.05) is 67.1 Å². The van der Waals surface area contributed by atoms with Crippen LogP contribution in [0.15, 0.2) is 59.7 Å². The van der Waals surface area contributed by atoms with Crippen LogP contribution in [0.3, 0.4) is 0 Å². The fourth-order valence-corrected chi connectivity index (χ4v) is 5.91. The van der Waals surface area contributed by atoms with E-state index in [9.17, 15) is 9.59 Å². The molecule has 2 fully saturated rings. The van der Waals surface area contributed by atoms with Gasteiger partial charge in [-0.05, 0) is 43.0 Å². The van der Waals surface area contributed by atoms with Crippen molar-refractivity contribution in [2.75, 3.05) is 4.90 Å². The molecule has 0 unspecified atom stereocenters. The van der Waals surface area contributed by atoms with E-state index in [4.69, 9.17) is 0 Å². The lowest BCUT2D eigenvalue weighted by molar-refractivity contribution is -0.122. The summed E-state index contributed by atoms with van der Waals surface area (Å²) in [7, 11) is 0. The summed E-state index contributed by atoms with van der Waals surface area (Å²) < 4.78 is 0. The number of imide groups is 1. The van der Waals surface area contributed by atoms with Crippen LogP contribution >= 0.6 is 11.8 Å². The third-order valence-corrected chi connectivity index (χ3v) is 7.64. The second kappa shape index (κ2) is 7.58. The first-order chi connectivity index (χ1) is 14.5. The number of anilines is 1. The predicted octanol–water partition coefficient (Wildman–Crippen LogP) is 4.43. The average Bonchev–Trinajstić information content (AvgIpc) is 3.27. The van der Waals surface area contributed by atoms with Crippen molar-refractivity contribution in [1.82, 2.24) is 5.43 Å². The quantitative estimate of drug-likeness (QED) is 0.745. The molecule has 0 radical (unpaired) electrons. The predicted molar refractivity (Wildman–Crippen MR) is 120 cm³/mol. The molecule has 1 saturated heterocycles. The monoisotopic (exact) mass is 419 g/mol. The fraction of sp³-hybridized carbons (Fsp3) is 0.375. The fourth-order valence-electron chi connectivity index (χ4n) is 4.77. The number of nitrogens with one attached hydrogen (secondary N) is 1. The molecule has 2 aromatic rings. The lowest BCUT2D eigenvalue weighted by atomic mass is 9.81. The number of thioether (sulfide) groups is 1. The largest absolute Gasteiger partial charge is 0.289 e. The first kappa shape index (κ1) is 19.4. The van der Waals surface area contributed by atoms with Crippen molar-refractivity contribution in [3.05, 3.63) is 65.7 Å². The van der Waals surface area contributed by atoms with Crippen LogP contribution in [0, 0.1) is 11.8 Å². The van der Waals surface area contributed by atoms with Crippen molar-refractivity contribution < 1.29 is 9.59 Å². The first-order valence-corrected chi connectivity index (χ1v) is 11.4. The smallest absolute Gasteiger partial charge is 0.237 e. The summed E-state index contributed by atoms with van der Waals surface area (Å²) in [5.41, 5.74) is 6.25. The molecule has 0 aromatic heterocycles. The standard InChI is InChI=1S/C24H25N3O2S/c1-24(26-25-21(30-24)15-16-7-3-2-4-8-16)17-11-13-18(14-12-17)27-22(28)19-9-5-6-10-20(19)23(27)29/h2-4,7-8,11-14,19-20,26H,5-6,9-10,15H2,1H3/t19-,20+,24-/m0/s1. The summed E-state index contributed by atoms with van der Waals surface area (Å²) in [6.07, 6.45) is 4.55. The Bertz CT molecular complexity index is 981. The normalized spacial score (nSPS) is 28.3. The van der Waals surface area contributed by atoms with Crippen LogP contribution in [0.4, 0.5) is 5.69 Å². The van der Waals surface area contributed by atoms with Gasteiger partial charge in [0, 0.05) is 6.42 Å². The van der Waals surface area contributed by atoms with E-state index < -0.39 is 0 Å². The van der Waals surface area contributed by atoms with E-state index in [2.05, 4.69) is 29.6 Å². The minimum Gasteiger partial charge on any atom is -0.289 e. The molecule has 3 atom stereocenters. The van der Waals surface area contributed by atoms with Crippen LogP contribution < -0.4 is 10.3 Å². The van der Waals surface area contributed by atoms with Gasteiger partial charge < -0.3 is 0 Å². The number of amides is 2. The molecule has 1 N–H and O–H groups in total. The Labute approximate surface area is 180 Å². The van der Waals surface area contributed by atoms with E-state index in [1.54, 1.807) is 11.8 Å². The topological polar surface area (TPSA) is 61.8 Å². The molecule has 5 rings (SSSR count). The van der Waals surface area contributed by atoms with Gasteiger partial charge in [0.2, 0.25) is 11.8 Å². The van der Waals surface area contributed by atoms with Crippen molar-refractivity contribution in [2.24, 2.45) is 16.9 Å². The van der Waals surface area contributed by atoms with Crippen molar-refractivity contribution in [2.45, 2.75) is 43.9 Å². The Morgan fingerprint density at radius 2 is 1.63 bits per heavy atom. The van der Waals surface area contributed by atoms with Gasteiger partial charge in [-0.15, -0.1) is 0 Å². The number of hydrazone groups is 1. The summed E-state index contributed by atoms with van der Waals surface area (Å²) in [5, 5.41) is 5.59. The van der Waals surface area contributed by atoms with Crippen molar-refractivity contribution >= 4 is 34.3 Å². The summed E-state index contributed by atoms with van der Waals surface area (Å²) in [5.74, 6) is -0.287. The molecule has 5 nitrogen and oxygen atoms in total. The van der Waals surface area contributed by atoms with Gasteiger partial charge in [0.05, 0.1) is 17.5 Å². The third kappa shape index (κ3) is 3.33. The first-order valence-electron chi connectivity index (χ1n) is 10.6. The van der Waals surface area contributed by atoms with Crippen LogP contribution in [0.25, 0.3) is 0 Å². The number of hydrogen-bond donors (Lipinski definition) is 1. The van der Waals surface area contributed by atoms with Gasteiger partial charge in [0.1, 0.15) is 9.91 Å². The van der Waals surface area contributed by atoms with Crippen molar-refractivity contribution in [1.29, 1.82) is 0 Å². The minimum absolute atomic E-state index is 0.0227. The summed E-state index contributed by atoms with van der Waals surface area (Å²) in [4.78, 5) is 26.7. The van der Waals surface area contributed by atoms with E-state index in [0.29, 0.717) is 5.69 Å². The van der Waals surface area contributed by atoms with Gasteiger partial charge >= 0.3 is 0 Å². The highest BCUT2D eigenvalue weighted by atomic mass is 32.2. The average molecular weight is 420 g/mol. The van der Waals surface area contributed by atoms with Crippen LogP contribution in [0.2, 0.25) is 0 Å². The number of carbonyl (C=O) groups excluding carboxylic acids is 2. The highest BCUT2D eigenvalue weighted by Crippen LogP contribution is 2.42. The molecule has 154 valence electrons. The van der Waals surface area contributed by atoms with E-state index in [-0.39, 0.29) is 28.5 Å². The van der Waals surface area contributed by atoms with Gasteiger partial charge in [0.15, 0.2) is 0 Å². The lowest BCUT2D eigenvalue weighted by Crippen LogP contribution is -2.31. The highest BCUT2D eigenvalue weighted by molar-refractivity contribution is 8.14. The SMILES string of the molecule is C[C@]1(c2ccc(N3C(=O)[C@H]4CCCC[C@H]4C3=O)cc2)NN=C(Cc2ccccc2)S1. The maximum atomic E-state index is 12.8. The molecule has 3 aliphatic rings. The van der Waals surface area contributed by atoms with Gasteiger partial charge in [-0.2, -0.15) is 5.10 Å². The molecule has 1 aliphatic carbocycles. The molecular weight excluding hydrogens is 394 g/mol. The van der Waals surface area contributed by atoms with Gasteiger partial charge in [0.25, 0.3) is 0 Å². The van der Waals surface area contributed by atoms with E-state index in [0.717, 1.165) is 42.7 Å². The lowest BCUT2D eigenvalue weighted by Gasteiger charge is -2.24. The van der Waals surface area contributed by atoms with Gasteiger partial charge in [-0.25, -0.2) is 0 Å². The zero-order valence-corrected chi connectivity index (χ0v) is 17.8. The number of fused-ring (bicyclic) bond motifs is 1. The molecule has 2 aliphatic heterocycles. The van der Waals surface area contributed by atoms with E-state index >= 15 is 0 Å². The summed E-state index contributed by atoms with van der Waals surface area (Å²) in [6.45, 7) is 2.11. The molecule has 1 saturated carbocycles. The van der Waals surface area contributed by atoms with Gasteiger partial charge in [-0.3, -0.25) is 19.9 Å². The van der Waals surface area contributed by atoms with Crippen molar-refractivity contribution in [3.8, 4) is 0 Å². The number of benzene rings is 2. The second-order valence-electron chi connectivity index (χ2n) is 8.47. The molecule has 2 amide bonds. The van der Waals surface area contributed by atoms with Crippen LogP contribution in [0.1, 0.15) is 43.7 Å². The van der Waals surface area contributed by atoms with Crippen LogP contribution in [-0.2, 0) is 20.9 Å². The van der Waals surface area contributed by atoms with Crippen molar-refractivity contribution in [3.63, 3.8) is 0 Å². The number of carbonyl (C=O) groups is 2. The number of nitrogens with zero attached hydrogens (tertiary/aromatic N) is 2. The van der Waals surface area contributed by atoms with Crippen LogP contribution in [0.5, 0.6) is 0 Å². The summed E-state index contributed by atoms with van der Waals surface area (Å²) >= 11 is 1.71. The molecular formula is C24H25N3O2S. The minimum atomic E-state index is -0.365. The number of rotatable bonds is 4. The maximum Gasteiger partial charge on any atom is 0.237 e. The zero-order chi connectivity index (χ0) is 20.7. The highest BCUT2D eigenvalue weighted by Gasteiger charge is 2.48. The molecule has 0 bridgehead atoms. The Kier molecular flexibility index (Phi) is 4.89. The Morgan fingerprint density at radius 1 is 1.00 bits per heavy atom. The number of hydrogen-bond acceptors (Lipinski definition) is 5. The molecule has 6 heteroatoms. The Balaban J connectivity index is 1.31. The van der Waals surface area contributed by atoms with Crippen LogP contribution in [-0.4, -0.2) is 16.9 Å². The maximum absolute atomic E-state index is 12.8. The second-order valence-corrected chi connectivity index (χ2v) is 9.96. The molecule has 2 heterocycles. The van der Waals surface area contributed by atoms with E-state index in [1.165, 1.54) is 10.5 Å². The Morgan fingerprint density at radius 3 is 2.27 bits per heavy atom. The van der Waals surface area contributed by atoms with E-state index in [1.807, 2.05) is 42.5 Å². The molecule has 2 aromatic carbocycles. The zero-order valence-electron chi connectivity index (χ0n) is 17.0. The third-order valence-electron chi connectivity index (χ3n) is 6.43. The molecule has 0 spiro atoms.